The third-order valence-electron chi connectivity index (χ3n) is 2.55. The van der Waals surface area contributed by atoms with Crippen LogP contribution in [0.2, 0.25) is 0 Å². The number of rotatable bonds is 1. The number of pyridine rings is 1. The number of hydrogen-bond acceptors (Lipinski definition) is 2. The highest BCUT2D eigenvalue weighted by Gasteiger charge is 2.05. The van der Waals surface area contributed by atoms with Crippen LogP contribution in [0.3, 0.4) is 0 Å². The molecule has 3 nitrogen and oxygen atoms in total. The van der Waals surface area contributed by atoms with E-state index >= 15 is 0 Å². The van der Waals surface area contributed by atoms with Crippen LogP contribution in [0.15, 0.2) is 42.6 Å². The van der Waals surface area contributed by atoms with Gasteiger partial charge in [-0.15, -0.1) is 0 Å². The first-order valence-corrected chi connectivity index (χ1v) is 5.21. The first-order chi connectivity index (χ1) is 7.83. The van der Waals surface area contributed by atoms with E-state index in [9.17, 15) is 0 Å². The Morgan fingerprint density at radius 3 is 2.81 bits per heavy atom. The Hall–Kier alpha value is -2.16. The van der Waals surface area contributed by atoms with E-state index in [1.807, 2.05) is 43.3 Å². The van der Waals surface area contributed by atoms with Crippen molar-refractivity contribution in [3.63, 3.8) is 0 Å². The lowest BCUT2D eigenvalue weighted by Gasteiger charge is -1.96. The van der Waals surface area contributed by atoms with Crippen molar-refractivity contribution in [2.75, 3.05) is 0 Å². The molecule has 2 heterocycles. The minimum absolute atomic E-state index is 0.824. The number of hydrogen-bond donors (Lipinski definition) is 1. The zero-order chi connectivity index (χ0) is 11.0. The topological polar surface area (TPSA) is 41.6 Å². The number of aryl methyl sites for hydroxylation is 1. The summed E-state index contributed by atoms with van der Waals surface area (Å²) in [6, 6.07) is 12.0. The SMILES string of the molecule is Cc1ccnc(-c2nc3ccccc3[nH]2)c1. The Bertz CT molecular complexity index is 607. The largest absolute Gasteiger partial charge is 0.337 e. The van der Waals surface area contributed by atoms with Crippen LogP contribution in [0.1, 0.15) is 5.56 Å². The third-order valence-corrected chi connectivity index (χ3v) is 2.55. The number of aromatic nitrogens is 3. The van der Waals surface area contributed by atoms with Gasteiger partial charge in [-0.1, -0.05) is 12.1 Å². The molecule has 78 valence electrons. The van der Waals surface area contributed by atoms with Crippen LogP contribution in [0.5, 0.6) is 0 Å². The van der Waals surface area contributed by atoms with Crippen LogP contribution in [-0.4, -0.2) is 15.0 Å². The van der Waals surface area contributed by atoms with E-state index < -0.39 is 0 Å². The molecule has 1 aromatic carbocycles. The number of fused-ring (bicyclic) bond motifs is 1. The van der Waals surface area contributed by atoms with Crippen LogP contribution in [-0.2, 0) is 0 Å². The quantitative estimate of drug-likeness (QED) is 0.669. The molecule has 0 bridgehead atoms. The minimum atomic E-state index is 0.824. The number of nitrogens with zero attached hydrogens (tertiary/aromatic N) is 2. The molecule has 0 spiro atoms. The van der Waals surface area contributed by atoms with E-state index in [0.29, 0.717) is 0 Å². The molecule has 0 saturated carbocycles. The predicted molar refractivity (Wildman–Crippen MR) is 64.1 cm³/mol. The van der Waals surface area contributed by atoms with E-state index in [2.05, 4.69) is 15.0 Å². The van der Waals surface area contributed by atoms with Crippen molar-refractivity contribution < 1.29 is 0 Å². The molecule has 0 aliphatic carbocycles. The third kappa shape index (κ3) is 1.46. The molecule has 3 aromatic rings. The first kappa shape index (κ1) is 9.09. The molecule has 16 heavy (non-hydrogen) atoms. The molecule has 3 heteroatoms. The molecular weight excluding hydrogens is 198 g/mol. The Morgan fingerprint density at radius 1 is 1.12 bits per heavy atom. The van der Waals surface area contributed by atoms with E-state index in [1.54, 1.807) is 6.20 Å². The van der Waals surface area contributed by atoms with Crippen molar-refractivity contribution in [1.82, 2.24) is 15.0 Å². The summed E-state index contributed by atoms with van der Waals surface area (Å²) in [6.45, 7) is 2.05. The summed E-state index contributed by atoms with van der Waals surface area (Å²) >= 11 is 0. The maximum Gasteiger partial charge on any atom is 0.157 e. The van der Waals surface area contributed by atoms with E-state index in [4.69, 9.17) is 0 Å². The van der Waals surface area contributed by atoms with Crippen LogP contribution in [0.4, 0.5) is 0 Å². The molecule has 0 amide bonds. The Morgan fingerprint density at radius 2 is 2.00 bits per heavy atom. The van der Waals surface area contributed by atoms with Gasteiger partial charge in [-0.2, -0.15) is 0 Å². The lowest BCUT2D eigenvalue weighted by atomic mass is 10.2. The van der Waals surface area contributed by atoms with Crippen LogP contribution in [0, 0.1) is 6.92 Å². The smallest absolute Gasteiger partial charge is 0.157 e. The van der Waals surface area contributed by atoms with Gasteiger partial charge in [0.15, 0.2) is 5.82 Å². The highest BCUT2D eigenvalue weighted by molar-refractivity contribution is 5.78. The molecule has 0 unspecified atom stereocenters. The molecular formula is C13H11N3. The maximum atomic E-state index is 4.51. The van der Waals surface area contributed by atoms with E-state index in [0.717, 1.165) is 22.6 Å². The molecule has 0 fully saturated rings. The van der Waals surface area contributed by atoms with Crippen LogP contribution >= 0.6 is 0 Å². The molecule has 0 atom stereocenters. The second-order valence-electron chi connectivity index (χ2n) is 3.82. The average Bonchev–Trinajstić information content (AvgIpc) is 2.72. The van der Waals surface area contributed by atoms with Gasteiger partial charge in [-0.05, 0) is 36.8 Å². The van der Waals surface area contributed by atoms with Gasteiger partial charge in [-0.3, -0.25) is 4.98 Å². The highest BCUT2D eigenvalue weighted by atomic mass is 14.9. The zero-order valence-electron chi connectivity index (χ0n) is 8.94. The number of H-pyrrole nitrogens is 1. The lowest BCUT2D eigenvalue weighted by Crippen LogP contribution is -1.85. The maximum absolute atomic E-state index is 4.51. The molecule has 0 aliphatic rings. The van der Waals surface area contributed by atoms with Crippen molar-refractivity contribution in [2.45, 2.75) is 6.92 Å². The molecule has 0 saturated heterocycles. The summed E-state index contributed by atoms with van der Waals surface area (Å²) in [4.78, 5) is 12.1. The zero-order valence-corrected chi connectivity index (χ0v) is 8.94. The van der Waals surface area contributed by atoms with Crippen molar-refractivity contribution >= 4 is 11.0 Å². The van der Waals surface area contributed by atoms with Gasteiger partial charge >= 0.3 is 0 Å². The van der Waals surface area contributed by atoms with Crippen molar-refractivity contribution in [2.24, 2.45) is 0 Å². The number of para-hydroxylation sites is 2. The monoisotopic (exact) mass is 209 g/mol. The number of aromatic amines is 1. The second-order valence-corrected chi connectivity index (χ2v) is 3.82. The fraction of sp³-hybridized carbons (Fsp3) is 0.0769. The molecule has 0 aliphatic heterocycles. The average molecular weight is 209 g/mol. The van der Waals surface area contributed by atoms with Gasteiger partial charge in [-0.25, -0.2) is 4.98 Å². The summed E-state index contributed by atoms with van der Waals surface area (Å²) in [5, 5.41) is 0. The lowest BCUT2D eigenvalue weighted by molar-refractivity contribution is 1.22. The summed E-state index contributed by atoms with van der Waals surface area (Å²) < 4.78 is 0. The number of benzene rings is 1. The van der Waals surface area contributed by atoms with Crippen molar-refractivity contribution in [3.8, 4) is 11.5 Å². The van der Waals surface area contributed by atoms with Gasteiger partial charge in [0.1, 0.15) is 5.69 Å². The molecule has 2 aromatic heterocycles. The standard InChI is InChI=1S/C13H11N3/c1-9-6-7-14-12(8-9)13-15-10-4-2-3-5-11(10)16-13/h2-8H,1H3,(H,15,16). The number of imidazole rings is 1. The van der Waals surface area contributed by atoms with Gasteiger partial charge in [0.05, 0.1) is 11.0 Å². The Labute approximate surface area is 93.2 Å². The summed E-state index contributed by atoms with van der Waals surface area (Å²) in [7, 11) is 0. The summed E-state index contributed by atoms with van der Waals surface area (Å²) in [6.07, 6.45) is 1.80. The first-order valence-electron chi connectivity index (χ1n) is 5.21. The minimum Gasteiger partial charge on any atom is -0.337 e. The Kier molecular flexibility index (Phi) is 1.96. The van der Waals surface area contributed by atoms with Crippen molar-refractivity contribution in [1.29, 1.82) is 0 Å². The van der Waals surface area contributed by atoms with Crippen LogP contribution < -0.4 is 0 Å². The fourth-order valence-electron chi connectivity index (χ4n) is 1.74. The van der Waals surface area contributed by atoms with Gasteiger partial charge in [0, 0.05) is 6.20 Å². The summed E-state index contributed by atoms with van der Waals surface area (Å²) in [5.41, 5.74) is 4.09. The fourth-order valence-corrected chi connectivity index (χ4v) is 1.74. The predicted octanol–water partition coefficient (Wildman–Crippen LogP) is 2.93. The second kappa shape index (κ2) is 3.45. The molecule has 0 radical (unpaired) electrons. The normalized spacial score (nSPS) is 10.8. The molecule has 3 rings (SSSR count). The van der Waals surface area contributed by atoms with Crippen LogP contribution in [0.25, 0.3) is 22.6 Å². The van der Waals surface area contributed by atoms with Gasteiger partial charge in [0.25, 0.3) is 0 Å². The van der Waals surface area contributed by atoms with Gasteiger partial charge in [0.2, 0.25) is 0 Å². The van der Waals surface area contributed by atoms with Gasteiger partial charge < -0.3 is 4.98 Å². The number of nitrogens with one attached hydrogen (secondary N) is 1. The van der Waals surface area contributed by atoms with E-state index in [-0.39, 0.29) is 0 Å². The summed E-state index contributed by atoms with van der Waals surface area (Å²) in [5.74, 6) is 0.824. The highest BCUT2D eigenvalue weighted by Crippen LogP contribution is 2.18. The molecule has 1 N–H and O–H groups in total. The van der Waals surface area contributed by atoms with Crippen molar-refractivity contribution in [3.05, 3.63) is 48.2 Å². The van der Waals surface area contributed by atoms with E-state index in [1.165, 1.54) is 5.56 Å². The Balaban J connectivity index is 2.19.